The van der Waals surface area contributed by atoms with Crippen molar-refractivity contribution in [1.29, 1.82) is 0 Å². The molecule has 6 nitrogen and oxygen atoms in total. The molecule has 0 saturated carbocycles. The van der Waals surface area contributed by atoms with E-state index in [1.54, 1.807) is 41.3 Å². The average molecular weight is 467 g/mol. The van der Waals surface area contributed by atoms with Crippen LogP contribution in [-0.2, 0) is 11.0 Å². The van der Waals surface area contributed by atoms with Crippen molar-refractivity contribution in [1.82, 2.24) is 0 Å². The SMILES string of the molecule is O=C(Nc1cccc(C(F)(F)F)c1)c1cccc(NC(=O)c2cccc(N3CCCC3=O)c2)c1. The molecule has 0 atom stereocenters. The van der Waals surface area contributed by atoms with Gasteiger partial charge in [-0.3, -0.25) is 14.4 Å². The molecule has 1 aliphatic rings. The van der Waals surface area contributed by atoms with Gasteiger partial charge in [0.2, 0.25) is 5.91 Å². The lowest BCUT2D eigenvalue weighted by Gasteiger charge is -2.16. The zero-order valence-electron chi connectivity index (χ0n) is 17.9. The minimum atomic E-state index is -4.52. The van der Waals surface area contributed by atoms with Crippen LogP contribution in [0.25, 0.3) is 0 Å². The van der Waals surface area contributed by atoms with Crippen molar-refractivity contribution in [2.45, 2.75) is 19.0 Å². The molecule has 1 saturated heterocycles. The summed E-state index contributed by atoms with van der Waals surface area (Å²) in [6.07, 6.45) is -3.28. The first-order chi connectivity index (χ1) is 16.2. The standard InChI is InChI=1S/C25H20F3N3O3/c26-25(27,28)18-7-3-9-20(15-18)30-23(33)16-5-1-8-19(13-16)29-24(34)17-6-2-10-21(14-17)31-12-4-11-22(31)32/h1-3,5-10,13-15H,4,11-12H2,(H,29,34)(H,30,33). The number of benzene rings is 3. The van der Waals surface area contributed by atoms with E-state index < -0.39 is 23.6 Å². The molecule has 3 aromatic rings. The molecular formula is C25H20F3N3O3. The number of carbonyl (C=O) groups excluding carboxylic acids is 3. The molecule has 174 valence electrons. The van der Waals surface area contributed by atoms with E-state index in [9.17, 15) is 27.6 Å². The van der Waals surface area contributed by atoms with Crippen LogP contribution < -0.4 is 15.5 Å². The van der Waals surface area contributed by atoms with Gasteiger partial charge in [0.15, 0.2) is 0 Å². The van der Waals surface area contributed by atoms with Crippen molar-refractivity contribution in [2.75, 3.05) is 22.1 Å². The minimum absolute atomic E-state index is 0.00235. The van der Waals surface area contributed by atoms with E-state index >= 15 is 0 Å². The second-order valence-corrected chi connectivity index (χ2v) is 7.77. The first-order valence-electron chi connectivity index (χ1n) is 10.5. The van der Waals surface area contributed by atoms with Crippen LogP contribution in [-0.4, -0.2) is 24.3 Å². The second kappa shape index (κ2) is 9.38. The van der Waals surface area contributed by atoms with Crippen LogP contribution in [0.5, 0.6) is 0 Å². The van der Waals surface area contributed by atoms with Crippen molar-refractivity contribution in [3.63, 3.8) is 0 Å². The molecule has 2 N–H and O–H groups in total. The van der Waals surface area contributed by atoms with Gasteiger partial charge in [0.1, 0.15) is 0 Å². The Balaban J connectivity index is 1.46. The molecule has 34 heavy (non-hydrogen) atoms. The quantitative estimate of drug-likeness (QED) is 0.532. The number of hydrogen-bond acceptors (Lipinski definition) is 3. The lowest BCUT2D eigenvalue weighted by atomic mass is 10.1. The number of rotatable bonds is 5. The summed E-state index contributed by atoms with van der Waals surface area (Å²) < 4.78 is 38.7. The van der Waals surface area contributed by atoms with E-state index in [1.165, 1.54) is 24.3 Å². The van der Waals surface area contributed by atoms with Gasteiger partial charge in [-0.2, -0.15) is 13.2 Å². The van der Waals surface area contributed by atoms with E-state index in [-0.39, 0.29) is 17.2 Å². The molecule has 0 aliphatic carbocycles. The number of alkyl halides is 3. The molecule has 4 rings (SSSR count). The topological polar surface area (TPSA) is 78.5 Å². The average Bonchev–Trinajstić information content (AvgIpc) is 3.25. The van der Waals surface area contributed by atoms with E-state index in [2.05, 4.69) is 10.6 Å². The first kappa shape index (κ1) is 23.0. The molecule has 0 spiro atoms. The fourth-order valence-corrected chi connectivity index (χ4v) is 3.65. The van der Waals surface area contributed by atoms with Crippen molar-refractivity contribution >= 4 is 34.8 Å². The van der Waals surface area contributed by atoms with Gasteiger partial charge in [-0.15, -0.1) is 0 Å². The van der Waals surface area contributed by atoms with Gasteiger partial charge in [-0.1, -0.05) is 18.2 Å². The van der Waals surface area contributed by atoms with Gasteiger partial charge < -0.3 is 15.5 Å². The van der Waals surface area contributed by atoms with Crippen LogP contribution in [0.3, 0.4) is 0 Å². The summed E-state index contributed by atoms with van der Waals surface area (Å²) in [5.41, 5.74) is 0.614. The number of nitrogens with zero attached hydrogens (tertiary/aromatic N) is 1. The Bertz CT molecular complexity index is 1260. The number of amides is 3. The first-order valence-corrected chi connectivity index (χ1v) is 10.5. The van der Waals surface area contributed by atoms with Gasteiger partial charge in [0, 0.05) is 41.2 Å². The third-order valence-corrected chi connectivity index (χ3v) is 5.32. The number of carbonyl (C=O) groups is 3. The highest BCUT2D eigenvalue weighted by molar-refractivity contribution is 6.08. The molecule has 3 amide bonds. The molecular weight excluding hydrogens is 447 g/mol. The highest BCUT2D eigenvalue weighted by Gasteiger charge is 2.30. The maximum Gasteiger partial charge on any atom is 0.416 e. The van der Waals surface area contributed by atoms with Crippen molar-refractivity contribution < 1.29 is 27.6 Å². The van der Waals surface area contributed by atoms with Crippen LogP contribution >= 0.6 is 0 Å². The maximum atomic E-state index is 12.9. The summed E-state index contributed by atoms with van der Waals surface area (Å²) in [6.45, 7) is 0.604. The second-order valence-electron chi connectivity index (χ2n) is 7.77. The van der Waals surface area contributed by atoms with Gasteiger partial charge in [-0.25, -0.2) is 0 Å². The fraction of sp³-hybridized carbons (Fsp3) is 0.160. The number of hydrogen-bond donors (Lipinski definition) is 2. The Morgan fingerprint density at radius 3 is 2.00 bits per heavy atom. The summed E-state index contributed by atoms with van der Waals surface area (Å²) in [5, 5.41) is 5.14. The predicted molar refractivity (Wildman–Crippen MR) is 122 cm³/mol. The molecule has 0 unspecified atom stereocenters. The van der Waals surface area contributed by atoms with Crippen LogP contribution in [0.4, 0.5) is 30.2 Å². The summed E-state index contributed by atoms with van der Waals surface area (Å²) >= 11 is 0. The molecule has 0 bridgehead atoms. The normalized spacial score (nSPS) is 13.6. The van der Waals surface area contributed by atoms with Crippen LogP contribution in [0, 0.1) is 0 Å². The van der Waals surface area contributed by atoms with Gasteiger partial charge >= 0.3 is 6.18 Å². The van der Waals surface area contributed by atoms with Crippen LogP contribution in [0.2, 0.25) is 0 Å². The van der Waals surface area contributed by atoms with Crippen LogP contribution in [0.1, 0.15) is 39.1 Å². The molecule has 0 radical (unpaired) electrons. The largest absolute Gasteiger partial charge is 0.416 e. The summed E-state index contributed by atoms with van der Waals surface area (Å²) in [4.78, 5) is 38.9. The third kappa shape index (κ3) is 5.25. The Morgan fingerprint density at radius 1 is 0.794 bits per heavy atom. The fourth-order valence-electron chi connectivity index (χ4n) is 3.65. The molecule has 9 heteroatoms. The molecule has 1 heterocycles. The van der Waals surface area contributed by atoms with Crippen molar-refractivity contribution in [3.8, 4) is 0 Å². The Labute approximate surface area is 193 Å². The lowest BCUT2D eigenvalue weighted by Crippen LogP contribution is -2.24. The zero-order chi connectivity index (χ0) is 24.3. The summed E-state index contributed by atoms with van der Waals surface area (Å²) in [5.74, 6) is -1.04. The van der Waals surface area contributed by atoms with Crippen LogP contribution in [0.15, 0.2) is 72.8 Å². The molecule has 1 aliphatic heterocycles. The highest BCUT2D eigenvalue weighted by Crippen LogP contribution is 2.31. The summed E-state index contributed by atoms with van der Waals surface area (Å²) in [7, 11) is 0. The molecule has 0 aromatic heterocycles. The third-order valence-electron chi connectivity index (χ3n) is 5.32. The predicted octanol–water partition coefficient (Wildman–Crippen LogP) is 5.34. The number of anilines is 3. The highest BCUT2D eigenvalue weighted by atomic mass is 19.4. The maximum absolute atomic E-state index is 12.9. The summed E-state index contributed by atoms with van der Waals surface area (Å²) in [6, 6.07) is 17.1. The monoisotopic (exact) mass is 467 g/mol. The van der Waals surface area contributed by atoms with E-state index in [1.807, 2.05) is 0 Å². The van der Waals surface area contributed by atoms with Crippen molar-refractivity contribution in [3.05, 3.63) is 89.5 Å². The number of halogens is 3. The Kier molecular flexibility index (Phi) is 6.36. The number of nitrogens with one attached hydrogen (secondary N) is 2. The van der Waals surface area contributed by atoms with Crippen molar-refractivity contribution in [2.24, 2.45) is 0 Å². The van der Waals surface area contributed by atoms with Gasteiger partial charge in [0.05, 0.1) is 5.56 Å². The lowest BCUT2D eigenvalue weighted by molar-refractivity contribution is -0.137. The van der Waals surface area contributed by atoms with E-state index in [4.69, 9.17) is 0 Å². The van der Waals surface area contributed by atoms with E-state index in [0.29, 0.717) is 29.9 Å². The Morgan fingerprint density at radius 2 is 1.38 bits per heavy atom. The zero-order valence-corrected chi connectivity index (χ0v) is 17.9. The Hall–Kier alpha value is -4.14. The van der Waals surface area contributed by atoms with E-state index in [0.717, 1.165) is 18.6 Å². The molecule has 3 aromatic carbocycles. The molecule has 1 fully saturated rings. The van der Waals surface area contributed by atoms with Gasteiger partial charge in [0.25, 0.3) is 11.8 Å². The van der Waals surface area contributed by atoms with Gasteiger partial charge in [-0.05, 0) is 61.0 Å². The minimum Gasteiger partial charge on any atom is -0.322 e. The smallest absolute Gasteiger partial charge is 0.322 e.